The molecule has 3 nitrogen and oxygen atoms in total. The minimum Gasteiger partial charge on any atom is -0.356 e. The highest BCUT2D eigenvalue weighted by Gasteiger charge is 2.06. The summed E-state index contributed by atoms with van der Waals surface area (Å²) >= 11 is 0. The SMILES string of the molecule is CCC[n+]1ccc(-c2cc(C)no2)cc1. The lowest BCUT2D eigenvalue weighted by Crippen LogP contribution is -2.31. The highest BCUT2D eigenvalue weighted by molar-refractivity contribution is 5.55. The highest BCUT2D eigenvalue weighted by atomic mass is 16.5. The van der Waals surface area contributed by atoms with Gasteiger partial charge in [-0.05, 0) is 6.92 Å². The lowest BCUT2D eigenvalue weighted by Gasteiger charge is -1.95. The number of nitrogens with zero attached hydrogens (tertiary/aromatic N) is 2. The van der Waals surface area contributed by atoms with Crippen LogP contribution in [0.15, 0.2) is 35.1 Å². The fourth-order valence-corrected chi connectivity index (χ4v) is 1.53. The predicted molar refractivity (Wildman–Crippen MR) is 57.2 cm³/mol. The fourth-order valence-electron chi connectivity index (χ4n) is 1.53. The van der Waals surface area contributed by atoms with Crippen LogP contribution in [0.1, 0.15) is 19.0 Å². The standard InChI is InChI=1S/C12H15N2O/c1-3-6-14-7-4-11(5-8-14)12-9-10(2)13-15-12/h4-5,7-9H,3,6H2,1-2H3/q+1. The van der Waals surface area contributed by atoms with Crippen LogP contribution in [0.4, 0.5) is 0 Å². The van der Waals surface area contributed by atoms with Gasteiger partial charge in [0.25, 0.3) is 0 Å². The Morgan fingerprint density at radius 2 is 2.07 bits per heavy atom. The van der Waals surface area contributed by atoms with Gasteiger partial charge in [-0.1, -0.05) is 12.1 Å². The Labute approximate surface area is 89.3 Å². The summed E-state index contributed by atoms with van der Waals surface area (Å²) in [6.45, 7) is 5.14. The Bertz CT molecular complexity index is 431. The van der Waals surface area contributed by atoms with Gasteiger partial charge in [-0.2, -0.15) is 0 Å². The van der Waals surface area contributed by atoms with E-state index in [2.05, 4.69) is 41.2 Å². The monoisotopic (exact) mass is 203 g/mol. The molecule has 2 rings (SSSR count). The Balaban J connectivity index is 2.23. The largest absolute Gasteiger partial charge is 0.356 e. The number of aryl methyl sites for hydroxylation is 2. The van der Waals surface area contributed by atoms with Crippen molar-refractivity contribution in [3.63, 3.8) is 0 Å². The molecule has 0 aliphatic heterocycles. The number of hydrogen-bond acceptors (Lipinski definition) is 2. The molecule has 0 aliphatic rings. The van der Waals surface area contributed by atoms with Crippen LogP contribution in [0.5, 0.6) is 0 Å². The molecule has 78 valence electrons. The summed E-state index contributed by atoms with van der Waals surface area (Å²) in [7, 11) is 0. The number of hydrogen-bond donors (Lipinski definition) is 0. The minimum absolute atomic E-state index is 0.830. The molecule has 3 heteroatoms. The summed E-state index contributed by atoms with van der Waals surface area (Å²) < 4.78 is 7.35. The molecule has 0 amide bonds. The third-order valence-electron chi connectivity index (χ3n) is 2.29. The van der Waals surface area contributed by atoms with E-state index in [1.165, 1.54) is 0 Å². The maximum Gasteiger partial charge on any atom is 0.169 e. The molecule has 0 aromatic carbocycles. The van der Waals surface area contributed by atoms with Gasteiger partial charge in [-0.15, -0.1) is 0 Å². The summed E-state index contributed by atoms with van der Waals surface area (Å²) in [6.07, 6.45) is 5.28. The van der Waals surface area contributed by atoms with Crippen molar-refractivity contribution in [3.8, 4) is 11.3 Å². The topological polar surface area (TPSA) is 29.9 Å². The summed E-state index contributed by atoms with van der Waals surface area (Å²) in [5, 5.41) is 3.87. The van der Waals surface area contributed by atoms with Crippen LogP contribution in [0, 0.1) is 6.92 Å². The molecule has 0 saturated carbocycles. The molecule has 0 bridgehead atoms. The molecule has 0 fully saturated rings. The first kappa shape index (κ1) is 9.90. The molecule has 2 heterocycles. The first-order valence-corrected chi connectivity index (χ1v) is 5.22. The van der Waals surface area contributed by atoms with E-state index in [0.717, 1.165) is 30.0 Å². The Kier molecular flexibility index (Phi) is 2.81. The molecule has 0 saturated heterocycles. The first-order valence-electron chi connectivity index (χ1n) is 5.22. The van der Waals surface area contributed by atoms with Gasteiger partial charge in [0.15, 0.2) is 18.2 Å². The normalized spacial score (nSPS) is 10.5. The van der Waals surface area contributed by atoms with Crippen molar-refractivity contribution in [1.82, 2.24) is 5.16 Å². The van der Waals surface area contributed by atoms with E-state index in [1.54, 1.807) is 0 Å². The fraction of sp³-hybridized carbons (Fsp3) is 0.333. The van der Waals surface area contributed by atoms with Gasteiger partial charge in [0.2, 0.25) is 0 Å². The molecule has 2 aromatic heterocycles. The average Bonchev–Trinajstić information content (AvgIpc) is 2.67. The average molecular weight is 203 g/mol. The molecule has 0 unspecified atom stereocenters. The van der Waals surface area contributed by atoms with Gasteiger partial charge in [-0.25, -0.2) is 4.57 Å². The van der Waals surface area contributed by atoms with Crippen molar-refractivity contribution in [2.45, 2.75) is 26.8 Å². The maximum absolute atomic E-state index is 5.19. The second kappa shape index (κ2) is 4.26. The second-order valence-corrected chi connectivity index (χ2v) is 3.66. The molecule has 0 radical (unpaired) electrons. The first-order chi connectivity index (χ1) is 7.29. The molecule has 2 aromatic rings. The van der Waals surface area contributed by atoms with Gasteiger partial charge < -0.3 is 4.52 Å². The smallest absolute Gasteiger partial charge is 0.169 e. The van der Waals surface area contributed by atoms with E-state index in [4.69, 9.17) is 4.52 Å². The van der Waals surface area contributed by atoms with Crippen molar-refractivity contribution in [2.75, 3.05) is 0 Å². The number of aromatic nitrogens is 2. The van der Waals surface area contributed by atoms with Crippen molar-refractivity contribution in [3.05, 3.63) is 36.3 Å². The van der Waals surface area contributed by atoms with E-state index in [1.807, 2.05) is 13.0 Å². The van der Waals surface area contributed by atoms with E-state index in [-0.39, 0.29) is 0 Å². The van der Waals surface area contributed by atoms with Crippen molar-refractivity contribution in [2.24, 2.45) is 0 Å². The number of rotatable bonds is 3. The van der Waals surface area contributed by atoms with Crippen molar-refractivity contribution < 1.29 is 9.09 Å². The second-order valence-electron chi connectivity index (χ2n) is 3.66. The minimum atomic E-state index is 0.830. The Hall–Kier alpha value is -1.64. The van der Waals surface area contributed by atoms with Gasteiger partial charge in [0, 0.05) is 30.2 Å². The van der Waals surface area contributed by atoms with Gasteiger partial charge in [0.1, 0.15) is 6.54 Å². The molecular weight excluding hydrogens is 188 g/mol. The summed E-state index contributed by atoms with van der Waals surface area (Å²) in [6, 6.07) is 6.05. The van der Waals surface area contributed by atoms with Crippen LogP contribution in [0.3, 0.4) is 0 Å². The quantitative estimate of drug-likeness (QED) is 0.717. The van der Waals surface area contributed by atoms with Gasteiger partial charge >= 0.3 is 0 Å². The molecule has 0 spiro atoms. The molecular formula is C12H15N2O+. The van der Waals surface area contributed by atoms with Crippen LogP contribution in [-0.2, 0) is 6.54 Å². The molecule has 0 N–H and O–H groups in total. The van der Waals surface area contributed by atoms with E-state index in [9.17, 15) is 0 Å². The van der Waals surface area contributed by atoms with Crippen molar-refractivity contribution in [1.29, 1.82) is 0 Å². The van der Waals surface area contributed by atoms with Gasteiger partial charge in [-0.3, -0.25) is 0 Å². The summed E-state index contributed by atoms with van der Waals surface area (Å²) in [5.41, 5.74) is 1.98. The zero-order valence-corrected chi connectivity index (χ0v) is 9.10. The van der Waals surface area contributed by atoms with Crippen LogP contribution >= 0.6 is 0 Å². The summed E-state index contributed by atoms with van der Waals surface area (Å²) in [4.78, 5) is 0. The summed E-state index contributed by atoms with van der Waals surface area (Å²) in [5.74, 6) is 0.830. The van der Waals surface area contributed by atoms with E-state index < -0.39 is 0 Å². The zero-order valence-electron chi connectivity index (χ0n) is 9.10. The van der Waals surface area contributed by atoms with Crippen LogP contribution < -0.4 is 4.57 Å². The lowest BCUT2D eigenvalue weighted by molar-refractivity contribution is -0.696. The van der Waals surface area contributed by atoms with Gasteiger partial charge in [0.05, 0.1) is 5.69 Å². The molecule has 0 aliphatic carbocycles. The maximum atomic E-state index is 5.19. The Morgan fingerprint density at radius 1 is 1.33 bits per heavy atom. The van der Waals surface area contributed by atoms with Crippen molar-refractivity contribution >= 4 is 0 Å². The third kappa shape index (κ3) is 2.24. The molecule has 15 heavy (non-hydrogen) atoms. The van der Waals surface area contributed by atoms with Crippen LogP contribution in [0.2, 0.25) is 0 Å². The highest BCUT2D eigenvalue weighted by Crippen LogP contribution is 2.18. The van der Waals surface area contributed by atoms with E-state index >= 15 is 0 Å². The molecule has 0 atom stereocenters. The van der Waals surface area contributed by atoms with E-state index in [0.29, 0.717) is 0 Å². The Morgan fingerprint density at radius 3 is 2.60 bits per heavy atom. The third-order valence-corrected chi connectivity index (χ3v) is 2.29. The lowest BCUT2D eigenvalue weighted by atomic mass is 10.2. The van der Waals surface area contributed by atoms with Crippen LogP contribution in [0.25, 0.3) is 11.3 Å². The van der Waals surface area contributed by atoms with Crippen LogP contribution in [-0.4, -0.2) is 5.16 Å². The zero-order chi connectivity index (χ0) is 10.7. The number of pyridine rings is 1. The predicted octanol–water partition coefficient (Wildman–Crippen LogP) is 2.35.